The zero-order chi connectivity index (χ0) is 19.8. The van der Waals surface area contributed by atoms with Gasteiger partial charge in [-0.05, 0) is 61.3 Å². The third-order valence-corrected chi connectivity index (χ3v) is 9.60. The van der Waals surface area contributed by atoms with Crippen LogP contribution in [0.5, 0.6) is 0 Å². The van der Waals surface area contributed by atoms with Gasteiger partial charge in [0.05, 0.1) is 12.2 Å². The van der Waals surface area contributed by atoms with Crippen molar-refractivity contribution in [3.05, 3.63) is 11.6 Å². The largest absolute Gasteiger partial charge is 0.442 e. The lowest BCUT2D eigenvalue weighted by Crippen LogP contribution is -2.57. The summed E-state index contributed by atoms with van der Waals surface area (Å²) in [5.41, 5.74) is 1.57. The molecule has 0 radical (unpaired) electrons. The van der Waals surface area contributed by atoms with Gasteiger partial charge < -0.3 is 19.9 Å². The van der Waals surface area contributed by atoms with Crippen LogP contribution in [0.4, 0.5) is 4.79 Å². The third-order valence-electron chi connectivity index (χ3n) is 9.60. The molecule has 0 bridgehead atoms. The lowest BCUT2D eigenvalue weighted by atomic mass is 9.46. The highest BCUT2D eigenvalue weighted by Gasteiger charge is 2.69. The Balaban J connectivity index is 1.57. The molecule has 5 rings (SSSR count). The van der Waals surface area contributed by atoms with E-state index >= 15 is 0 Å². The van der Waals surface area contributed by atoms with Crippen molar-refractivity contribution < 1.29 is 19.4 Å². The topological polar surface area (TPSA) is 71.1 Å². The first-order chi connectivity index (χ1) is 13.3. The summed E-state index contributed by atoms with van der Waals surface area (Å²) >= 11 is 0. The van der Waals surface area contributed by atoms with E-state index in [1.54, 1.807) is 7.05 Å². The van der Waals surface area contributed by atoms with Gasteiger partial charge >= 0.3 is 6.09 Å². The normalized spacial score (nSPS) is 53.8. The van der Waals surface area contributed by atoms with Gasteiger partial charge in [0.1, 0.15) is 12.2 Å². The molecule has 5 aliphatic rings. The predicted octanol–water partition coefficient (Wildman–Crippen LogP) is 3.66. The fraction of sp³-hybridized carbons (Fsp3) is 0.870. The van der Waals surface area contributed by atoms with E-state index in [1.807, 2.05) is 0 Å². The molecule has 0 aromatic heterocycles. The standard InChI is InChI=1S/C23H35NO4/c1-5-12-6-7-14-18-15(8-9-22(12,14)2)23(3)13(10-16(25)19-20(23)28-19)11-17(18)27-21(26)24-4/h11-12,14-20,25H,5-10H2,1-4H3,(H,24,26)/t12-,14-,15-,16+,17+,18-,19-,20?,22+,23-/m0/s1. The molecular formula is C23H35NO4. The van der Waals surface area contributed by atoms with Gasteiger partial charge in [-0.2, -0.15) is 0 Å². The quantitative estimate of drug-likeness (QED) is 0.558. The van der Waals surface area contributed by atoms with Gasteiger partial charge in [-0.3, -0.25) is 0 Å². The summed E-state index contributed by atoms with van der Waals surface area (Å²) in [5.74, 6) is 2.17. The number of rotatable bonds is 2. The molecule has 1 unspecified atom stereocenters. The average Bonchev–Trinajstić information content (AvgIpc) is 3.41. The molecule has 3 saturated carbocycles. The van der Waals surface area contributed by atoms with Crippen LogP contribution in [0.25, 0.3) is 0 Å². The molecule has 0 aromatic rings. The van der Waals surface area contributed by atoms with Crippen LogP contribution in [0.2, 0.25) is 0 Å². The lowest BCUT2D eigenvalue weighted by Gasteiger charge is -2.58. The molecule has 28 heavy (non-hydrogen) atoms. The van der Waals surface area contributed by atoms with Crippen LogP contribution in [0.15, 0.2) is 11.6 Å². The number of alkyl carbamates (subject to hydrolysis) is 1. The molecule has 10 atom stereocenters. The molecular weight excluding hydrogens is 354 g/mol. The fourth-order valence-corrected chi connectivity index (χ4v) is 8.08. The van der Waals surface area contributed by atoms with Gasteiger partial charge in [0, 0.05) is 18.4 Å². The average molecular weight is 390 g/mol. The number of aliphatic hydroxyl groups is 1. The van der Waals surface area contributed by atoms with Crippen molar-refractivity contribution in [3.63, 3.8) is 0 Å². The summed E-state index contributed by atoms with van der Waals surface area (Å²) in [6.45, 7) is 7.18. The number of ether oxygens (including phenoxy) is 2. The highest BCUT2D eigenvalue weighted by molar-refractivity contribution is 5.67. The molecule has 0 spiro atoms. The smallest absolute Gasteiger partial charge is 0.407 e. The first-order valence-electron chi connectivity index (χ1n) is 11.3. The predicted molar refractivity (Wildman–Crippen MR) is 106 cm³/mol. The van der Waals surface area contributed by atoms with E-state index in [9.17, 15) is 9.90 Å². The van der Waals surface area contributed by atoms with Crippen LogP contribution in [0, 0.1) is 34.5 Å². The highest BCUT2D eigenvalue weighted by Crippen LogP contribution is 2.69. The summed E-state index contributed by atoms with van der Waals surface area (Å²) in [6, 6.07) is 0. The number of hydrogen-bond donors (Lipinski definition) is 2. The molecule has 2 N–H and O–H groups in total. The zero-order valence-electron chi connectivity index (χ0n) is 17.6. The van der Waals surface area contributed by atoms with Crippen LogP contribution in [0.3, 0.4) is 0 Å². The van der Waals surface area contributed by atoms with Crippen LogP contribution in [0.1, 0.15) is 59.3 Å². The molecule has 0 aromatic carbocycles. The summed E-state index contributed by atoms with van der Waals surface area (Å²) in [6.07, 6.45) is 8.19. The van der Waals surface area contributed by atoms with Crippen molar-refractivity contribution in [3.8, 4) is 0 Å². The first-order valence-corrected chi connectivity index (χ1v) is 11.3. The summed E-state index contributed by atoms with van der Waals surface area (Å²) in [4.78, 5) is 12.2. The van der Waals surface area contributed by atoms with E-state index < -0.39 is 6.10 Å². The molecule has 1 heterocycles. The number of nitrogens with one attached hydrogen (secondary N) is 1. The molecule has 4 fully saturated rings. The first kappa shape index (κ1) is 18.9. The number of amides is 1. The lowest BCUT2D eigenvalue weighted by molar-refractivity contribution is -0.0925. The minimum atomic E-state index is -0.425. The summed E-state index contributed by atoms with van der Waals surface area (Å²) < 4.78 is 12.0. The van der Waals surface area contributed by atoms with E-state index in [0.29, 0.717) is 29.6 Å². The van der Waals surface area contributed by atoms with Crippen molar-refractivity contribution in [1.29, 1.82) is 0 Å². The van der Waals surface area contributed by atoms with E-state index in [-0.39, 0.29) is 29.8 Å². The maximum absolute atomic E-state index is 12.2. The maximum Gasteiger partial charge on any atom is 0.407 e. The van der Waals surface area contributed by atoms with Crippen LogP contribution in [-0.4, -0.2) is 42.7 Å². The van der Waals surface area contributed by atoms with Crippen LogP contribution >= 0.6 is 0 Å². The fourth-order valence-electron chi connectivity index (χ4n) is 8.08. The van der Waals surface area contributed by atoms with Crippen LogP contribution < -0.4 is 5.32 Å². The minimum Gasteiger partial charge on any atom is -0.442 e. The number of hydrogen-bond acceptors (Lipinski definition) is 4. The Hall–Kier alpha value is -1.07. The second-order valence-corrected chi connectivity index (χ2v) is 10.4. The number of epoxide rings is 1. The van der Waals surface area contributed by atoms with Crippen LogP contribution in [-0.2, 0) is 9.47 Å². The SMILES string of the molecule is CC[C@H]1CC[C@H]2[C@@H]3[C@H](OC(=O)NC)C=C4C[C@@H](O)[C@@H]5OC5[C@]4(C)[C@H]3CC[C@]12C. The van der Waals surface area contributed by atoms with Crippen molar-refractivity contribution in [2.75, 3.05) is 7.05 Å². The second-order valence-electron chi connectivity index (χ2n) is 10.4. The van der Waals surface area contributed by atoms with Gasteiger partial charge in [0.25, 0.3) is 0 Å². The van der Waals surface area contributed by atoms with Gasteiger partial charge in [-0.1, -0.05) is 32.8 Å². The van der Waals surface area contributed by atoms with Gasteiger partial charge in [0.2, 0.25) is 0 Å². The Morgan fingerprint density at radius 2 is 2.11 bits per heavy atom. The Labute approximate surface area is 168 Å². The third kappa shape index (κ3) is 2.35. The molecule has 5 heteroatoms. The number of aliphatic hydroxyl groups excluding tert-OH is 1. The second kappa shape index (κ2) is 6.21. The van der Waals surface area contributed by atoms with Crippen molar-refractivity contribution in [2.45, 2.75) is 83.7 Å². The minimum absolute atomic E-state index is 0.000475. The van der Waals surface area contributed by atoms with E-state index in [0.717, 1.165) is 12.3 Å². The van der Waals surface area contributed by atoms with Gasteiger partial charge in [-0.15, -0.1) is 0 Å². The molecule has 156 valence electrons. The zero-order valence-corrected chi connectivity index (χ0v) is 17.6. The van der Waals surface area contributed by atoms with Crippen molar-refractivity contribution in [2.24, 2.45) is 34.5 Å². The molecule has 4 aliphatic carbocycles. The molecule has 1 amide bonds. The van der Waals surface area contributed by atoms with Crippen molar-refractivity contribution >= 4 is 6.09 Å². The van der Waals surface area contributed by atoms with Gasteiger partial charge in [0.15, 0.2) is 0 Å². The van der Waals surface area contributed by atoms with Gasteiger partial charge in [-0.25, -0.2) is 4.79 Å². The van der Waals surface area contributed by atoms with E-state index in [2.05, 4.69) is 32.2 Å². The molecule has 5 nitrogen and oxygen atoms in total. The monoisotopic (exact) mass is 389 g/mol. The van der Waals surface area contributed by atoms with E-state index in [1.165, 1.54) is 31.3 Å². The van der Waals surface area contributed by atoms with Crippen molar-refractivity contribution in [1.82, 2.24) is 5.32 Å². The Morgan fingerprint density at radius 3 is 2.82 bits per heavy atom. The molecule has 1 aliphatic heterocycles. The summed E-state index contributed by atoms with van der Waals surface area (Å²) in [7, 11) is 1.63. The van der Waals surface area contributed by atoms with E-state index in [4.69, 9.17) is 9.47 Å². The number of fused-ring (bicyclic) bond motifs is 7. The Bertz CT molecular complexity index is 707. The maximum atomic E-state index is 12.2. The number of carbonyl (C=O) groups excluding carboxylic acids is 1. The Kier molecular flexibility index (Phi) is 4.20. The molecule has 1 saturated heterocycles. The summed E-state index contributed by atoms with van der Waals surface area (Å²) in [5, 5.41) is 13.1. The number of carbonyl (C=O) groups is 1. The Morgan fingerprint density at radius 1 is 1.32 bits per heavy atom. The highest BCUT2D eigenvalue weighted by atomic mass is 16.6.